The molecule has 0 radical (unpaired) electrons. The molecule has 2 aliphatic heterocycles. The van der Waals surface area contributed by atoms with E-state index in [1.807, 2.05) is 0 Å². The van der Waals surface area contributed by atoms with Crippen molar-refractivity contribution in [2.24, 2.45) is 0 Å². The minimum atomic E-state index is -0.379. The zero-order chi connectivity index (χ0) is 51.5. The second-order valence-corrected chi connectivity index (χ2v) is 23.6. The molecule has 0 aromatic heterocycles. The summed E-state index contributed by atoms with van der Waals surface area (Å²) in [5.41, 5.74) is 16.7. The molecule has 2 saturated heterocycles. The van der Waals surface area contributed by atoms with Gasteiger partial charge in [-0.25, -0.2) is 0 Å². The SMILES string of the molecule is CCCCCCc1cc(-c2ccc(-c3ccc(-c4ccc(-c5cc(CCCCCC)c(B6OC(C)(C)C(C)(C)O6)cc5CCCCCC)cc4)cc3)cc2)c(CCCCCC)cc1B1OC(C)(C)C(C)(C)O1. The van der Waals surface area contributed by atoms with Gasteiger partial charge in [0.05, 0.1) is 22.4 Å². The molecule has 5 aromatic carbocycles. The van der Waals surface area contributed by atoms with Gasteiger partial charge in [0.25, 0.3) is 0 Å². The Labute approximate surface area is 439 Å². The highest BCUT2D eigenvalue weighted by atomic mass is 16.7. The Hall–Kier alpha value is -3.93. The first kappa shape index (κ1) is 55.8. The summed E-state index contributed by atoms with van der Waals surface area (Å²) in [5, 5.41) is 0. The highest BCUT2D eigenvalue weighted by molar-refractivity contribution is 6.63. The molecular weight excluding hydrogens is 878 g/mol. The van der Waals surface area contributed by atoms with Crippen LogP contribution in [0.25, 0.3) is 44.5 Å². The molecular formula is C66H92B2O4. The zero-order valence-electron chi connectivity index (χ0n) is 47.2. The molecule has 0 bridgehead atoms. The van der Waals surface area contributed by atoms with Gasteiger partial charge in [-0.05, 0) is 184 Å². The fourth-order valence-corrected chi connectivity index (χ4v) is 10.7. The molecule has 4 nitrogen and oxygen atoms in total. The Morgan fingerprint density at radius 1 is 0.292 bits per heavy atom. The van der Waals surface area contributed by atoms with Crippen LogP contribution < -0.4 is 10.9 Å². The fourth-order valence-electron chi connectivity index (χ4n) is 10.7. The molecule has 0 N–H and O–H groups in total. The number of benzene rings is 5. The molecule has 2 aliphatic rings. The van der Waals surface area contributed by atoms with Crippen LogP contribution in [0.15, 0.2) is 97.1 Å². The summed E-state index contributed by atoms with van der Waals surface area (Å²) in [7, 11) is -0.712. The van der Waals surface area contributed by atoms with E-state index in [9.17, 15) is 0 Å². The zero-order valence-corrected chi connectivity index (χ0v) is 47.2. The summed E-state index contributed by atoms with van der Waals surface area (Å²) in [5.74, 6) is 0. The average molecular weight is 971 g/mol. The summed E-state index contributed by atoms with van der Waals surface area (Å²) < 4.78 is 26.9. The quantitative estimate of drug-likeness (QED) is 0.0409. The van der Waals surface area contributed by atoms with Crippen LogP contribution in [0.2, 0.25) is 0 Å². The normalized spacial score (nSPS) is 16.8. The van der Waals surface area contributed by atoms with E-state index >= 15 is 0 Å². The third kappa shape index (κ3) is 13.5. The van der Waals surface area contributed by atoms with Crippen molar-refractivity contribution in [2.45, 2.75) is 234 Å². The smallest absolute Gasteiger partial charge is 0.399 e. The molecule has 0 amide bonds. The third-order valence-electron chi connectivity index (χ3n) is 16.9. The van der Waals surface area contributed by atoms with E-state index in [1.165, 1.54) is 180 Å². The predicted octanol–water partition coefficient (Wildman–Crippen LogP) is 17.4. The molecule has 386 valence electrons. The Bertz CT molecular complexity index is 2280. The number of aryl methyl sites for hydroxylation is 4. The topological polar surface area (TPSA) is 36.9 Å². The Morgan fingerprint density at radius 2 is 0.528 bits per heavy atom. The molecule has 0 saturated carbocycles. The number of hydrogen-bond donors (Lipinski definition) is 0. The van der Waals surface area contributed by atoms with Gasteiger partial charge in [0.15, 0.2) is 0 Å². The lowest BCUT2D eigenvalue weighted by molar-refractivity contribution is 0.00578. The van der Waals surface area contributed by atoms with Crippen molar-refractivity contribution in [3.8, 4) is 44.5 Å². The van der Waals surface area contributed by atoms with Crippen LogP contribution in [0.4, 0.5) is 0 Å². The molecule has 5 aromatic rings. The standard InChI is InChI=1S/C66H92B2O4/c1-13-17-21-25-29-55-47-61(67-69-63(5,6)64(7,8)70-67)57(31-27-23-19-15-3)45-59(55)53-41-37-51(38-42-53)49-33-35-50(36-34-49)52-39-43-54(44-40-52)60-46-58(32-28-24-20-16-4)62(48-56(60)30-26-22-18-14-2)68-71-65(9,10)66(11,12)72-68/h33-48H,13-32H2,1-12H3. The lowest BCUT2D eigenvalue weighted by Crippen LogP contribution is -2.41. The van der Waals surface area contributed by atoms with Crippen LogP contribution in [0, 0.1) is 0 Å². The lowest BCUT2D eigenvalue weighted by Gasteiger charge is -2.32. The molecule has 0 spiro atoms. The van der Waals surface area contributed by atoms with Crippen LogP contribution >= 0.6 is 0 Å². The number of hydrogen-bond acceptors (Lipinski definition) is 4. The van der Waals surface area contributed by atoms with Gasteiger partial charge >= 0.3 is 14.2 Å². The van der Waals surface area contributed by atoms with Gasteiger partial charge in [-0.2, -0.15) is 0 Å². The summed E-state index contributed by atoms with van der Waals surface area (Å²) in [6.07, 6.45) is 23.9. The minimum Gasteiger partial charge on any atom is -0.399 e. The van der Waals surface area contributed by atoms with Gasteiger partial charge in [-0.1, -0.05) is 202 Å². The molecule has 2 fully saturated rings. The Morgan fingerprint density at radius 3 is 0.778 bits per heavy atom. The van der Waals surface area contributed by atoms with E-state index in [-0.39, 0.29) is 36.6 Å². The second-order valence-electron chi connectivity index (χ2n) is 23.6. The van der Waals surface area contributed by atoms with Crippen molar-refractivity contribution in [3.63, 3.8) is 0 Å². The number of rotatable bonds is 26. The fraction of sp³-hybridized carbons (Fsp3) is 0.545. The lowest BCUT2D eigenvalue weighted by atomic mass is 9.72. The Kier molecular flexibility index (Phi) is 19.4. The highest BCUT2D eigenvalue weighted by Crippen LogP contribution is 2.40. The largest absolute Gasteiger partial charge is 0.495 e. The maximum absolute atomic E-state index is 6.73. The molecule has 2 heterocycles. The molecule has 0 atom stereocenters. The van der Waals surface area contributed by atoms with E-state index in [4.69, 9.17) is 18.6 Å². The summed E-state index contributed by atoms with van der Waals surface area (Å²) in [4.78, 5) is 0. The van der Waals surface area contributed by atoms with Crippen molar-refractivity contribution in [2.75, 3.05) is 0 Å². The second kappa shape index (κ2) is 25.1. The van der Waals surface area contributed by atoms with Crippen LogP contribution in [0.1, 0.15) is 208 Å². The van der Waals surface area contributed by atoms with Crippen LogP contribution in [-0.2, 0) is 44.3 Å². The summed E-state index contributed by atoms with van der Waals surface area (Å²) >= 11 is 0. The van der Waals surface area contributed by atoms with E-state index in [1.54, 1.807) is 0 Å². The average Bonchev–Trinajstić information content (AvgIpc) is 3.73. The Balaban J connectivity index is 1.14. The van der Waals surface area contributed by atoms with Crippen molar-refractivity contribution >= 4 is 25.2 Å². The van der Waals surface area contributed by atoms with E-state index in [2.05, 4.69) is 180 Å². The van der Waals surface area contributed by atoms with Crippen molar-refractivity contribution in [1.29, 1.82) is 0 Å². The van der Waals surface area contributed by atoms with Crippen molar-refractivity contribution in [1.82, 2.24) is 0 Å². The van der Waals surface area contributed by atoms with Gasteiger partial charge in [0.1, 0.15) is 0 Å². The number of unbranched alkanes of at least 4 members (excludes halogenated alkanes) is 12. The van der Waals surface area contributed by atoms with Crippen LogP contribution in [0.5, 0.6) is 0 Å². The van der Waals surface area contributed by atoms with Crippen LogP contribution in [0.3, 0.4) is 0 Å². The highest BCUT2D eigenvalue weighted by Gasteiger charge is 2.53. The molecule has 7 rings (SSSR count). The summed E-state index contributed by atoms with van der Waals surface area (Å²) in [6.45, 7) is 26.5. The van der Waals surface area contributed by atoms with Crippen molar-refractivity contribution in [3.05, 3.63) is 119 Å². The minimum absolute atomic E-state index is 0.356. The van der Waals surface area contributed by atoms with E-state index in [0.717, 1.165) is 25.7 Å². The van der Waals surface area contributed by atoms with E-state index in [0.29, 0.717) is 0 Å². The van der Waals surface area contributed by atoms with E-state index < -0.39 is 0 Å². The predicted molar refractivity (Wildman–Crippen MR) is 311 cm³/mol. The third-order valence-corrected chi connectivity index (χ3v) is 16.9. The molecule has 72 heavy (non-hydrogen) atoms. The van der Waals surface area contributed by atoms with Gasteiger partial charge in [0, 0.05) is 0 Å². The maximum atomic E-state index is 6.73. The van der Waals surface area contributed by atoms with Crippen molar-refractivity contribution < 1.29 is 18.6 Å². The summed E-state index contributed by atoms with van der Waals surface area (Å²) in [6, 6.07) is 37.7. The first-order valence-electron chi connectivity index (χ1n) is 28.9. The maximum Gasteiger partial charge on any atom is 0.495 e. The molecule has 0 unspecified atom stereocenters. The van der Waals surface area contributed by atoms with Gasteiger partial charge in [-0.3, -0.25) is 0 Å². The monoisotopic (exact) mass is 971 g/mol. The van der Waals surface area contributed by atoms with Gasteiger partial charge in [0.2, 0.25) is 0 Å². The first-order chi connectivity index (χ1) is 34.5. The van der Waals surface area contributed by atoms with Crippen LogP contribution in [-0.4, -0.2) is 36.6 Å². The van der Waals surface area contributed by atoms with Gasteiger partial charge < -0.3 is 18.6 Å². The molecule has 0 aliphatic carbocycles. The van der Waals surface area contributed by atoms with Gasteiger partial charge in [-0.15, -0.1) is 0 Å². The molecule has 6 heteroatoms. The first-order valence-corrected chi connectivity index (χ1v) is 28.9.